The van der Waals surface area contributed by atoms with Crippen LogP contribution in [0.3, 0.4) is 0 Å². The van der Waals surface area contributed by atoms with Gasteiger partial charge in [-0.25, -0.2) is 4.79 Å². The van der Waals surface area contributed by atoms with Crippen LogP contribution < -0.4 is 4.90 Å². The first-order valence-corrected chi connectivity index (χ1v) is 6.00. The third-order valence-corrected chi connectivity index (χ3v) is 3.00. The highest BCUT2D eigenvalue weighted by Crippen LogP contribution is 2.33. The van der Waals surface area contributed by atoms with Crippen LogP contribution >= 0.6 is 0 Å². The lowest BCUT2D eigenvalue weighted by Crippen LogP contribution is -2.39. The Bertz CT molecular complexity index is 512. The number of carboxylic acid groups (broad SMARTS) is 1. The molecule has 0 bridgehead atoms. The molecule has 2 rings (SSSR count). The zero-order valence-electron chi connectivity index (χ0n) is 10.4. The summed E-state index contributed by atoms with van der Waals surface area (Å²) in [7, 11) is 0. The van der Waals surface area contributed by atoms with Crippen molar-refractivity contribution in [3.05, 3.63) is 42.5 Å². The second-order valence-electron chi connectivity index (χ2n) is 4.32. The molecule has 100 valence electrons. The maximum absolute atomic E-state index is 12.0. The summed E-state index contributed by atoms with van der Waals surface area (Å²) in [5, 5.41) is 8.93. The number of nitrogens with zero attached hydrogens (tertiary/aromatic N) is 1. The van der Waals surface area contributed by atoms with Crippen molar-refractivity contribution in [3.8, 4) is 0 Å². The number of carbonyl (C=O) groups is 2. The van der Waals surface area contributed by atoms with Gasteiger partial charge in [-0.05, 0) is 18.1 Å². The molecule has 5 nitrogen and oxygen atoms in total. The van der Waals surface area contributed by atoms with Crippen molar-refractivity contribution in [1.29, 1.82) is 0 Å². The number of fused-ring (bicyclic) bond motifs is 1. The first kappa shape index (κ1) is 13.1. The number of carbonyl (C=O) groups excluding carboxylic acids is 1. The molecule has 1 heterocycles. The van der Waals surface area contributed by atoms with Gasteiger partial charge in [0.15, 0.2) is 0 Å². The molecule has 0 unspecified atom stereocenters. The van der Waals surface area contributed by atoms with Crippen LogP contribution in [0.4, 0.5) is 10.5 Å². The molecule has 0 saturated heterocycles. The summed E-state index contributed by atoms with van der Waals surface area (Å²) in [5.41, 5.74) is 1.69. The lowest BCUT2D eigenvalue weighted by atomic mass is 10.1. The summed E-state index contributed by atoms with van der Waals surface area (Å²) in [6, 6.07) is 6.98. The SMILES string of the molecule is C=CCOC(=O)N1c2ccccc2C[C@@H]1CC(=O)O. The molecule has 19 heavy (non-hydrogen) atoms. The topological polar surface area (TPSA) is 66.8 Å². The summed E-state index contributed by atoms with van der Waals surface area (Å²) in [4.78, 5) is 24.3. The molecule has 0 radical (unpaired) electrons. The van der Waals surface area contributed by atoms with Crippen molar-refractivity contribution in [2.45, 2.75) is 18.9 Å². The molecule has 1 amide bonds. The Hall–Kier alpha value is -2.30. The van der Waals surface area contributed by atoms with Crippen molar-refractivity contribution in [3.63, 3.8) is 0 Å². The summed E-state index contributed by atoms with van der Waals surface area (Å²) in [6.45, 7) is 3.59. The summed E-state index contributed by atoms with van der Waals surface area (Å²) in [5.74, 6) is -0.931. The maximum Gasteiger partial charge on any atom is 0.414 e. The van der Waals surface area contributed by atoms with Gasteiger partial charge >= 0.3 is 12.1 Å². The zero-order valence-corrected chi connectivity index (χ0v) is 10.4. The lowest BCUT2D eigenvalue weighted by molar-refractivity contribution is -0.137. The van der Waals surface area contributed by atoms with Gasteiger partial charge < -0.3 is 9.84 Å². The van der Waals surface area contributed by atoms with Gasteiger partial charge in [0.05, 0.1) is 18.2 Å². The van der Waals surface area contributed by atoms with Crippen molar-refractivity contribution >= 4 is 17.7 Å². The Morgan fingerprint density at radius 3 is 2.89 bits per heavy atom. The lowest BCUT2D eigenvalue weighted by Gasteiger charge is -2.23. The van der Waals surface area contributed by atoms with E-state index in [9.17, 15) is 9.59 Å². The molecule has 1 aromatic carbocycles. The quantitative estimate of drug-likeness (QED) is 0.844. The Balaban J connectivity index is 2.25. The van der Waals surface area contributed by atoms with Crippen LogP contribution in [-0.2, 0) is 16.0 Å². The minimum Gasteiger partial charge on any atom is -0.481 e. The second kappa shape index (κ2) is 5.56. The van der Waals surface area contributed by atoms with Crippen LogP contribution in [0.5, 0.6) is 0 Å². The van der Waals surface area contributed by atoms with Crippen LogP contribution in [0.1, 0.15) is 12.0 Å². The number of ether oxygens (including phenoxy) is 1. The highest BCUT2D eigenvalue weighted by Gasteiger charge is 2.35. The monoisotopic (exact) mass is 261 g/mol. The molecule has 1 aliphatic heterocycles. The van der Waals surface area contributed by atoms with Gasteiger partial charge in [0.1, 0.15) is 6.61 Å². The molecule has 0 aliphatic carbocycles. The number of hydrogen-bond donors (Lipinski definition) is 1. The van der Waals surface area contributed by atoms with E-state index in [0.29, 0.717) is 6.42 Å². The molecule has 1 N–H and O–H groups in total. The third-order valence-electron chi connectivity index (χ3n) is 3.00. The molecular weight excluding hydrogens is 246 g/mol. The van der Waals surface area contributed by atoms with Crippen molar-refractivity contribution in [2.75, 3.05) is 11.5 Å². The third kappa shape index (κ3) is 2.76. The van der Waals surface area contributed by atoms with Crippen molar-refractivity contribution < 1.29 is 19.4 Å². The average molecular weight is 261 g/mol. The standard InChI is InChI=1S/C14H15NO4/c1-2-7-19-14(18)15-11(9-13(16)17)8-10-5-3-4-6-12(10)15/h2-6,11H,1,7-9H2,(H,16,17)/t11-/m1/s1. The molecule has 1 aliphatic rings. The van der Waals surface area contributed by atoms with E-state index >= 15 is 0 Å². The number of para-hydroxylation sites is 1. The van der Waals surface area contributed by atoms with Crippen LogP contribution in [0.25, 0.3) is 0 Å². The number of hydrogen-bond acceptors (Lipinski definition) is 3. The molecular formula is C14H15NO4. The van der Waals surface area contributed by atoms with Gasteiger partial charge in [0, 0.05) is 0 Å². The fourth-order valence-corrected chi connectivity index (χ4v) is 2.27. The minimum atomic E-state index is -0.931. The largest absolute Gasteiger partial charge is 0.481 e. The van der Waals surface area contributed by atoms with E-state index in [-0.39, 0.29) is 13.0 Å². The molecule has 0 spiro atoms. The van der Waals surface area contributed by atoms with Crippen LogP contribution in [-0.4, -0.2) is 29.8 Å². The van der Waals surface area contributed by atoms with Gasteiger partial charge in [-0.3, -0.25) is 9.69 Å². The molecule has 0 saturated carbocycles. The highest BCUT2D eigenvalue weighted by atomic mass is 16.6. The Morgan fingerprint density at radius 1 is 1.47 bits per heavy atom. The second-order valence-corrected chi connectivity index (χ2v) is 4.32. The van der Waals surface area contributed by atoms with Gasteiger partial charge in [0.2, 0.25) is 0 Å². The van der Waals surface area contributed by atoms with Crippen LogP contribution in [0.2, 0.25) is 0 Å². The fourth-order valence-electron chi connectivity index (χ4n) is 2.27. The molecule has 1 atom stereocenters. The first-order valence-electron chi connectivity index (χ1n) is 6.00. The minimum absolute atomic E-state index is 0.0993. The normalized spacial score (nSPS) is 16.8. The van der Waals surface area contributed by atoms with Gasteiger partial charge in [-0.15, -0.1) is 0 Å². The van der Waals surface area contributed by atoms with Crippen LogP contribution in [0.15, 0.2) is 36.9 Å². The van der Waals surface area contributed by atoms with Crippen molar-refractivity contribution in [2.24, 2.45) is 0 Å². The van der Waals surface area contributed by atoms with E-state index in [2.05, 4.69) is 6.58 Å². The predicted octanol–water partition coefficient (Wildman–Crippen LogP) is 2.21. The maximum atomic E-state index is 12.0. The first-order chi connectivity index (χ1) is 9.13. The van der Waals surface area contributed by atoms with Gasteiger partial charge in [0.25, 0.3) is 0 Å². The number of amides is 1. The fraction of sp³-hybridized carbons (Fsp3) is 0.286. The molecule has 0 aromatic heterocycles. The van der Waals surface area contributed by atoms with Crippen molar-refractivity contribution in [1.82, 2.24) is 0 Å². The summed E-state index contributed by atoms with van der Waals surface area (Å²) >= 11 is 0. The van der Waals surface area contributed by atoms with E-state index in [4.69, 9.17) is 9.84 Å². The van der Waals surface area contributed by atoms with E-state index in [1.807, 2.05) is 18.2 Å². The Kier molecular flexibility index (Phi) is 3.85. The van der Waals surface area contributed by atoms with E-state index in [1.165, 1.54) is 11.0 Å². The number of anilines is 1. The molecule has 1 aromatic rings. The highest BCUT2D eigenvalue weighted by molar-refractivity contribution is 5.92. The smallest absolute Gasteiger partial charge is 0.414 e. The Labute approximate surface area is 111 Å². The van der Waals surface area contributed by atoms with Crippen LogP contribution in [0, 0.1) is 0 Å². The molecule has 5 heteroatoms. The Morgan fingerprint density at radius 2 is 2.21 bits per heavy atom. The van der Waals surface area contributed by atoms with Gasteiger partial charge in [-0.1, -0.05) is 30.9 Å². The summed E-state index contributed by atoms with van der Waals surface area (Å²) < 4.78 is 5.02. The van der Waals surface area contributed by atoms with Gasteiger partial charge in [-0.2, -0.15) is 0 Å². The van der Waals surface area contributed by atoms with E-state index < -0.39 is 18.1 Å². The number of carboxylic acids is 1. The number of rotatable bonds is 4. The number of aliphatic carboxylic acids is 1. The average Bonchev–Trinajstić information content (AvgIpc) is 2.72. The molecule has 0 fully saturated rings. The predicted molar refractivity (Wildman–Crippen MR) is 70.2 cm³/mol. The number of benzene rings is 1. The van der Waals surface area contributed by atoms with E-state index in [0.717, 1.165) is 11.3 Å². The van der Waals surface area contributed by atoms with E-state index in [1.54, 1.807) is 6.07 Å². The zero-order chi connectivity index (χ0) is 13.8. The summed E-state index contributed by atoms with van der Waals surface area (Å²) in [6.07, 6.45) is 1.38.